The highest BCUT2D eigenvalue weighted by molar-refractivity contribution is 5.78. The molecule has 88 valence electrons. The molecule has 0 aliphatic carbocycles. The van der Waals surface area contributed by atoms with Crippen LogP contribution in [0.1, 0.15) is 12.8 Å². The number of rotatable bonds is 5. The Morgan fingerprint density at radius 1 is 1.40 bits per heavy atom. The van der Waals surface area contributed by atoms with E-state index in [2.05, 4.69) is 10.6 Å². The van der Waals surface area contributed by atoms with Crippen molar-refractivity contribution in [2.75, 3.05) is 33.9 Å². The zero-order valence-electron chi connectivity index (χ0n) is 9.41. The predicted octanol–water partition coefficient (Wildman–Crippen LogP) is -0.279. The fourth-order valence-electron chi connectivity index (χ4n) is 1.68. The lowest BCUT2D eigenvalue weighted by Crippen LogP contribution is -2.41. The standard InChI is InChI=1S/C10H20N2O3/c1-14-9(15-2)7-12-10(13)8-3-5-11-6-4-8/h8-9,11H,3-7H2,1-2H3,(H,12,13). The Morgan fingerprint density at radius 2 is 2.00 bits per heavy atom. The molecule has 1 saturated heterocycles. The molecule has 0 aromatic heterocycles. The Morgan fingerprint density at radius 3 is 2.53 bits per heavy atom. The first kappa shape index (κ1) is 12.4. The van der Waals surface area contributed by atoms with Crippen LogP contribution in [0, 0.1) is 5.92 Å². The van der Waals surface area contributed by atoms with Gasteiger partial charge in [0.15, 0.2) is 6.29 Å². The number of nitrogens with one attached hydrogen (secondary N) is 2. The molecule has 1 aliphatic heterocycles. The molecule has 1 aliphatic rings. The van der Waals surface area contributed by atoms with Gasteiger partial charge in [-0.1, -0.05) is 0 Å². The second kappa shape index (κ2) is 6.76. The van der Waals surface area contributed by atoms with Crippen LogP contribution in [-0.4, -0.2) is 46.1 Å². The fourth-order valence-corrected chi connectivity index (χ4v) is 1.68. The predicted molar refractivity (Wildman–Crippen MR) is 56.4 cm³/mol. The van der Waals surface area contributed by atoms with E-state index in [1.807, 2.05) is 0 Å². The van der Waals surface area contributed by atoms with Gasteiger partial charge in [0, 0.05) is 20.1 Å². The SMILES string of the molecule is COC(CNC(=O)C1CCNCC1)OC. The molecule has 1 amide bonds. The van der Waals surface area contributed by atoms with Gasteiger partial charge in [-0.25, -0.2) is 0 Å². The van der Waals surface area contributed by atoms with Crippen molar-refractivity contribution in [1.29, 1.82) is 0 Å². The van der Waals surface area contributed by atoms with Crippen LogP contribution < -0.4 is 10.6 Å². The molecule has 0 spiro atoms. The Bertz CT molecular complexity index is 189. The van der Waals surface area contributed by atoms with Crippen LogP contribution >= 0.6 is 0 Å². The highest BCUT2D eigenvalue weighted by atomic mass is 16.7. The quantitative estimate of drug-likeness (QED) is 0.621. The minimum atomic E-state index is -0.351. The number of piperidine rings is 1. The second-order valence-corrected chi connectivity index (χ2v) is 3.67. The van der Waals surface area contributed by atoms with Gasteiger partial charge in [-0.05, 0) is 25.9 Å². The topological polar surface area (TPSA) is 59.6 Å². The van der Waals surface area contributed by atoms with Crippen molar-refractivity contribution in [3.05, 3.63) is 0 Å². The van der Waals surface area contributed by atoms with Crippen LogP contribution in [0.3, 0.4) is 0 Å². The number of hydrogen-bond donors (Lipinski definition) is 2. The molecule has 0 unspecified atom stereocenters. The molecule has 5 heteroatoms. The summed E-state index contributed by atoms with van der Waals surface area (Å²) in [5, 5.41) is 6.07. The Hall–Kier alpha value is -0.650. The van der Waals surface area contributed by atoms with E-state index >= 15 is 0 Å². The van der Waals surface area contributed by atoms with Crippen LogP contribution in [0.2, 0.25) is 0 Å². The van der Waals surface area contributed by atoms with Crippen LogP contribution in [0.4, 0.5) is 0 Å². The van der Waals surface area contributed by atoms with Gasteiger partial charge < -0.3 is 20.1 Å². The maximum atomic E-state index is 11.7. The molecule has 1 heterocycles. The van der Waals surface area contributed by atoms with Crippen LogP contribution in [0.15, 0.2) is 0 Å². The van der Waals surface area contributed by atoms with E-state index in [1.165, 1.54) is 0 Å². The number of carbonyl (C=O) groups is 1. The van der Waals surface area contributed by atoms with Crippen molar-refractivity contribution in [3.8, 4) is 0 Å². The van der Waals surface area contributed by atoms with Crippen molar-refractivity contribution >= 4 is 5.91 Å². The van der Waals surface area contributed by atoms with E-state index in [4.69, 9.17) is 9.47 Å². The molecule has 1 rings (SSSR count). The number of carbonyl (C=O) groups excluding carboxylic acids is 1. The fraction of sp³-hybridized carbons (Fsp3) is 0.900. The van der Waals surface area contributed by atoms with E-state index in [0.717, 1.165) is 25.9 Å². The second-order valence-electron chi connectivity index (χ2n) is 3.67. The minimum Gasteiger partial charge on any atom is -0.354 e. The van der Waals surface area contributed by atoms with Crippen LogP contribution in [-0.2, 0) is 14.3 Å². The molecule has 15 heavy (non-hydrogen) atoms. The Labute approximate surface area is 90.5 Å². The van der Waals surface area contributed by atoms with Gasteiger partial charge in [-0.3, -0.25) is 4.79 Å². The molecule has 0 bridgehead atoms. The van der Waals surface area contributed by atoms with Crippen LogP contribution in [0.5, 0.6) is 0 Å². The lowest BCUT2D eigenvalue weighted by atomic mass is 9.97. The maximum absolute atomic E-state index is 11.7. The van der Waals surface area contributed by atoms with Crippen molar-refractivity contribution in [1.82, 2.24) is 10.6 Å². The molecule has 0 aromatic rings. The monoisotopic (exact) mass is 216 g/mol. The molecule has 0 atom stereocenters. The first-order valence-corrected chi connectivity index (χ1v) is 5.32. The van der Waals surface area contributed by atoms with E-state index in [-0.39, 0.29) is 18.1 Å². The first-order valence-electron chi connectivity index (χ1n) is 5.32. The number of amides is 1. The zero-order valence-corrected chi connectivity index (χ0v) is 9.41. The molecule has 5 nitrogen and oxygen atoms in total. The van der Waals surface area contributed by atoms with E-state index < -0.39 is 0 Å². The van der Waals surface area contributed by atoms with E-state index in [0.29, 0.717) is 6.54 Å². The van der Waals surface area contributed by atoms with Gasteiger partial charge in [0.2, 0.25) is 5.91 Å². The van der Waals surface area contributed by atoms with Gasteiger partial charge in [0.25, 0.3) is 0 Å². The van der Waals surface area contributed by atoms with Crippen molar-refractivity contribution < 1.29 is 14.3 Å². The van der Waals surface area contributed by atoms with Gasteiger partial charge in [-0.15, -0.1) is 0 Å². The van der Waals surface area contributed by atoms with Gasteiger partial charge in [-0.2, -0.15) is 0 Å². The van der Waals surface area contributed by atoms with Gasteiger partial charge in [0.05, 0.1) is 6.54 Å². The third-order valence-electron chi connectivity index (χ3n) is 2.68. The maximum Gasteiger partial charge on any atom is 0.223 e. The molecule has 1 fully saturated rings. The lowest BCUT2D eigenvalue weighted by molar-refractivity contribution is -0.131. The summed E-state index contributed by atoms with van der Waals surface area (Å²) in [5.74, 6) is 0.246. The summed E-state index contributed by atoms with van der Waals surface area (Å²) in [6, 6.07) is 0. The largest absolute Gasteiger partial charge is 0.354 e. The van der Waals surface area contributed by atoms with Gasteiger partial charge >= 0.3 is 0 Å². The van der Waals surface area contributed by atoms with Crippen molar-refractivity contribution in [2.45, 2.75) is 19.1 Å². The number of hydrogen-bond acceptors (Lipinski definition) is 4. The molecule has 2 N–H and O–H groups in total. The van der Waals surface area contributed by atoms with E-state index in [1.54, 1.807) is 14.2 Å². The first-order chi connectivity index (χ1) is 7.27. The normalized spacial score (nSPS) is 18.1. The Kier molecular flexibility index (Phi) is 5.60. The van der Waals surface area contributed by atoms with Crippen molar-refractivity contribution in [2.24, 2.45) is 5.92 Å². The third-order valence-corrected chi connectivity index (χ3v) is 2.68. The molecule has 0 saturated carbocycles. The number of ether oxygens (including phenoxy) is 2. The lowest BCUT2D eigenvalue weighted by Gasteiger charge is -2.22. The minimum absolute atomic E-state index is 0.107. The smallest absolute Gasteiger partial charge is 0.223 e. The van der Waals surface area contributed by atoms with Gasteiger partial charge in [0.1, 0.15) is 0 Å². The highest BCUT2D eigenvalue weighted by Crippen LogP contribution is 2.11. The summed E-state index contributed by atoms with van der Waals surface area (Å²) in [6.07, 6.45) is 1.48. The molecule has 0 radical (unpaired) electrons. The zero-order chi connectivity index (χ0) is 11.1. The summed E-state index contributed by atoms with van der Waals surface area (Å²) in [6.45, 7) is 2.27. The summed E-state index contributed by atoms with van der Waals surface area (Å²) in [4.78, 5) is 11.7. The number of methoxy groups -OCH3 is 2. The van der Waals surface area contributed by atoms with E-state index in [9.17, 15) is 4.79 Å². The summed E-state index contributed by atoms with van der Waals surface area (Å²) in [5.41, 5.74) is 0. The highest BCUT2D eigenvalue weighted by Gasteiger charge is 2.21. The average Bonchev–Trinajstić information content (AvgIpc) is 2.31. The molecule has 0 aromatic carbocycles. The molecular formula is C10H20N2O3. The average molecular weight is 216 g/mol. The third kappa shape index (κ3) is 4.15. The summed E-state index contributed by atoms with van der Waals surface area (Å²) in [7, 11) is 3.12. The summed E-state index contributed by atoms with van der Waals surface area (Å²) < 4.78 is 9.98. The van der Waals surface area contributed by atoms with Crippen molar-refractivity contribution in [3.63, 3.8) is 0 Å². The molecular weight excluding hydrogens is 196 g/mol. The Balaban J connectivity index is 2.22. The van der Waals surface area contributed by atoms with Crippen LogP contribution in [0.25, 0.3) is 0 Å². The summed E-state index contributed by atoms with van der Waals surface area (Å²) >= 11 is 0.